The average molecular weight is 348 g/mol. The van der Waals surface area contributed by atoms with Crippen molar-refractivity contribution in [2.45, 2.75) is 52.2 Å². The lowest BCUT2D eigenvalue weighted by Gasteiger charge is -2.29. The van der Waals surface area contributed by atoms with E-state index in [1.807, 2.05) is 20.8 Å². The highest BCUT2D eigenvalue weighted by Gasteiger charge is 2.17. The van der Waals surface area contributed by atoms with Crippen molar-refractivity contribution < 1.29 is 9.53 Å². The van der Waals surface area contributed by atoms with Gasteiger partial charge in [0.25, 0.3) is 0 Å². The molecule has 0 aromatic heterocycles. The molecule has 1 aromatic rings. The number of carbonyl (C=O) groups excluding carboxylic acids is 1. The molecule has 0 saturated carbocycles. The van der Waals surface area contributed by atoms with E-state index in [9.17, 15) is 4.79 Å². The SMILES string of the molecule is CN(C)c1ccc2c(c1)CN(CCCCNC(=O)OC(C)(C)C)CC2. The Labute approximate surface area is 152 Å². The molecule has 1 N–H and O–H groups in total. The molecule has 0 aliphatic carbocycles. The van der Waals surface area contributed by atoms with Crippen LogP contribution in [0.2, 0.25) is 0 Å². The molecule has 25 heavy (non-hydrogen) atoms. The van der Waals surface area contributed by atoms with Crippen LogP contribution in [0.3, 0.4) is 0 Å². The van der Waals surface area contributed by atoms with Crippen LogP contribution < -0.4 is 10.2 Å². The van der Waals surface area contributed by atoms with E-state index in [1.165, 1.54) is 16.8 Å². The molecule has 1 aliphatic heterocycles. The minimum absolute atomic E-state index is 0.324. The number of nitrogens with zero attached hydrogens (tertiary/aromatic N) is 2. The van der Waals surface area contributed by atoms with Crippen LogP contribution in [0.4, 0.5) is 10.5 Å². The summed E-state index contributed by atoms with van der Waals surface area (Å²) in [6.45, 7) is 9.52. The van der Waals surface area contributed by atoms with Gasteiger partial charge >= 0.3 is 6.09 Å². The fraction of sp³-hybridized carbons (Fsp3) is 0.650. The van der Waals surface area contributed by atoms with Crippen LogP contribution in [0.15, 0.2) is 18.2 Å². The van der Waals surface area contributed by atoms with E-state index in [0.29, 0.717) is 6.54 Å². The van der Waals surface area contributed by atoms with Gasteiger partial charge in [-0.05, 0) is 69.8 Å². The quantitative estimate of drug-likeness (QED) is 0.801. The highest BCUT2D eigenvalue weighted by molar-refractivity contribution is 5.67. The lowest BCUT2D eigenvalue weighted by molar-refractivity contribution is 0.0526. The molecule has 0 spiro atoms. The fourth-order valence-electron chi connectivity index (χ4n) is 3.04. The molecule has 0 bridgehead atoms. The van der Waals surface area contributed by atoms with Gasteiger partial charge in [0.05, 0.1) is 0 Å². The van der Waals surface area contributed by atoms with Gasteiger partial charge in [-0.3, -0.25) is 4.90 Å². The molecule has 1 aromatic carbocycles. The number of hydrogen-bond acceptors (Lipinski definition) is 4. The third-order valence-corrected chi connectivity index (χ3v) is 4.37. The number of benzene rings is 1. The molecular formula is C20H33N3O2. The summed E-state index contributed by atoms with van der Waals surface area (Å²) < 4.78 is 5.24. The summed E-state index contributed by atoms with van der Waals surface area (Å²) in [5.41, 5.74) is 3.76. The molecule has 1 amide bonds. The van der Waals surface area contributed by atoms with E-state index < -0.39 is 5.60 Å². The normalized spacial score (nSPS) is 14.8. The first-order chi connectivity index (χ1) is 11.7. The minimum Gasteiger partial charge on any atom is -0.444 e. The van der Waals surface area contributed by atoms with E-state index in [0.717, 1.165) is 38.9 Å². The number of nitrogens with one attached hydrogen (secondary N) is 1. The fourth-order valence-corrected chi connectivity index (χ4v) is 3.04. The predicted octanol–water partition coefficient (Wildman–Crippen LogP) is 3.42. The number of anilines is 1. The molecule has 140 valence electrons. The van der Waals surface area contributed by atoms with Gasteiger partial charge in [0, 0.05) is 39.4 Å². The van der Waals surface area contributed by atoms with Crippen LogP contribution >= 0.6 is 0 Å². The second-order valence-electron chi connectivity index (χ2n) is 8.01. The van der Waals surface area contributed by atoms with E-state index >= 15 is 0 Å². The second kappa shape index (κ2) is 8.56. The zero-order chi connectivity index (χ0) is 18.4. The minimum atomic E-state index is -0.434. The standard InChI is InChI=1S/C20H33N3O2/c1-20(2,3)25-19(24)21-11-6-7-12-23-13-10-16-8-9-18(22(4)5)14-17(16)15-23/h8-9,14H,6-7,10-13,15H2,1-5H3,(H,21,24). The molecule has 1 heterocycles. The number of ether oxygens (including phenoxy) is 1. The van der Waals surface area contributed by atoms with Crippen molar-refractivity contribution in [3.8, 4) is 0 Å². The first kappa shape index (κ1) is 19.6. The van der Waals surface area contributed by atoms with Crippen molar-refractivity contribution in [3.05, 3.63) is 29.3 Å². The number of alkyl carbamates (subject to hydrolysis) is 1. The van der Waals surface area contributed by atoms with Gasteiger partial charge in [-0.25, -0.2) is 4.79 Å². The van der Waals surface area contributed by atoms with Crippen molar-refractivity contribution in [2.24, 2.45) is 0 Å². The molecule has 0 fully saturated rings. The van der Waals surface area contributed by atoms with Crippen LogP contribution in [0.25, 0.3) is 0 Å². The highest BCUT2D eigenvalue weighted by atomic mass is 16.6. The van der Waals surface area contributed by atoms with Gasteiger partial charge in [0.15, 0.2) is 0 Å². The summed E-state index contributed by atoms with van der Waals surface area (Å²) in [5, 5.41) is 2.83. The van der Waals surface area contributed by atoms with Gasteiger partial charge in [0.1, 0.15) is 5.60 Å². The van der Waals surface area contributed by atoms with Crippen LogP contribution in [-0.4, -0.2) is 50.3 Å². The zero-order valence-corrected chi connectivity index (χ0v) is 16.4. The van der Waals surface area contributed by atoms with Gasteiger partial charge in [-0.2, -0.15) is 0 Å². The number of unbranched alkanes of at least 4 members (excludes halogenated alkanes) is 1. The third-order valence-electron chi connectivity index (χ3n) is 4.37. The lowest BCUT2D eigenvalue weighted by atomic mass is 9.98. The number of rotatable bonds is 6. The van der Waals surface area contributed by atoms with Gasteiger partial charge in [0.2, 0.25) is 0 Å². The topological polar surface area (TPSA) is 44.8 Å². The van der Waals surface area contributed by atoms with Gasteiger partial charge in [-0.15, -0.1) is 0 Å². The van der Waals surface area contributed by atoms with Crippen molar-refractivity contribution in [1.82, 2.24) is 10.2 Å². The molecule has 1 aliphatic rings. The smallest absolute Gasteiger partial charge is 0.407 e. The summed E-state index contributed by atoms with van der Waals surface area (Å²) in [5.74, 6) is 0. The first-order valence-electron chi connectivity index (χ1n) is 9.23. The molecule has 0 atom stereocenters. The van der Waals surface area contributed by atoms with Crippen LogP contribution in [0, 0.1) is 0 Å². The Kier molecular flexibility index (Phi) is 6.71. The maximum atomic E-state index is 11.6. The van der Waals surface area contributed by atoms with Crippen molar-refractivity contribution in [2.75, 3.05) is 38.6 Å². The molecule has 5 nitrogen and oxygen atoms in total. The largest absolute Gasteiger partial charge is 0.444 e. The van der Waals surface area contributed by atoms with Crippen LogP contribution in [0.5, 0.6) is 0 Å². The summed E-state index contributed by atoms with van der Waals surface area (Å²) in [4.78, 5) is 16.3. The Morgan fingerprint density at radius 2 is 2.00 bits per heavy atom. The lowest BCUT2D eigenvalue weighted by Crippen LogP contribution is -2.34. The number of carbonyl (C=O) groups is 1. The van der Waals surface area contributed by atoms with E-state index in [2.05, 4.69) is 47.4 Å². The van der Waals surface area contributed by atoms with Crippen molar-refractivity contribution >= 4 is 11.8 Å². The third kappa shape index (κ3) is 6.58. The van der Waals surface area contributed by atoms with Crippen molar-refractivity contribution in [3.63, 3.8) is 0 Å². The van der Waals surface area contributed by atoms with Crippen molar-refractivity contribution in [1.29, 1.82) is 0 Å². The zero-order valence-electron chi connectivity index (χ0n) is 16.4. The maximum absolute atomic E-state index is 11.6. The highest BCUT2D eigenvalue weighted by Crippen LogP contribution is 2.24. The number of amides is 1. The van der Waals surface area contributed by atoms with E-state index in [-0.39, 0.29) is 6.09 Å². The van der Waals surface area contributed by atoms with E-state index in [4.69, 9.17) is 4.74 Å². The number of fused-ring (bicyclic) bond motifs is 1. The van der Waals surface area contributed by atoms with Gasteiger partial charge in [-0.1, -0.05) is 6.07 Å². The summed E-state index contributed by atoms with van der Waals surface area (Å²) in [6.07, 6.45) is 2.86. The Balaban J connectivity index is 1.69. The van der Waals surface area contributed by atoms with Crippen LogP contribution in [-0.2, 0) is 17.7 Å². The maximum Gasteiger partial charge on any atom is 0.407 e. The Bertz CT molecular complexity index is 579. The second-order valence-corrected chi connectivity index (χ2v) is 8.01. The molecular weight excluding hydrogens is 314 g/mol. The average Bonchev–Trinajstić information content (AvgIpc) is 2.52. The van der Waals surface area contributed by atoms with Gasteiger partial charge < -0.3 is 15.0 Å². The molecule has 5 heteroatoms. The van der Waals surface area contributed by atoms with Crippen LogP contribution in [0.1, 0.15) is 44.7 Å². The first-order valence-corrected chi connectivity index (χ1v) is 9.23. The molecule has 0 saturated heterocycles. The Morgan fingerprint density at radius 1 is 1.24 bits per heavy atom. The monoisotopic (exact) mass is 347 g/mol. The summed E-state index contributed by atoms with van der Waals surface area (Å²) in [6, 6.07) is 6.79. The predicted molar refractivity (Wildman–Crippen MR) is 103 cm³/mol. The summed E-state index contributed by atoms with van der Waals surface area (Å²) >= 11 is 0. The molecule has 0 radical (unpaired) electrons. The molecule has 2 rings (SSSR count). The Hall–Kier alpha value is -1.75. The molecule has 0 unspecified atom stereocenters. The Morgan fingerprint density at radius 3 is 2.68 bits per heavy atom. The number of hydrogen-bond donors (Lipinski definition) is 1. The van der Waals surface area contributed by atoms with E-state index in [1.54, 1.807) is 0 Å². The summed E-state index contributed by atoms with van der Waals surface area (Å²) in [7, 11) is 4.17.